The summed E-state index contributed by atoms with van der Waals surface area (Å²) in [6, 6.07) is 21.1. The number of hydrogen-bond donors (Lipinski definition) is 0. The number of hydrogen-bond acceptors (Lipinski definition) is 1. The molecule has 0 saturated carbocycles. The monoisotopic (exact) mass is 351 g/mol. The van der Waals surface area contributed by atoms with Gasteiger partial charge in [-0.3, -0.25) is 0 Å². The largest absolute Gasteiger partial charge is 0.307 e. The van der Waals surface area contributed by atoms with Crippen LogP contribution >= 0.6 is 23.4 Å². The van der Waals surface area contributed by atoms with Crippen LogP contribution in [0.2, 0.25) is 5.02 Å². The molecule has 2 heterocycles. The second-order valence-corrected chi connectivity index (χ2v) is 7.30. The van der Waals surface area contributed by atoms with Crippen LogP contribution in [0.3, 0.4) is 0 Å². The molecule has 0 atom stereocenters. The minimum atomic E-state index is -0.229. The van der Waals surface area contributed by atoms with E-state index in [1.807, 2.05) is 36.4 Å². The van der Waals surface area contributed by atoms with E-state index in [2.05, 4.69) is 22.8 Å². The number of para-hydroxylation sites is 1. The molecule has 0 unspecified atom stereocenters. The average molecular weight is 352 g/mol. The molecule has 5 rings (SSSR count). The van der Waals surface area contributed by atoms with Gasteiger partial charge in [0.1, 0.15) is 5.82 Å². The third-order valence-corrected chi connectivity index (χ3v) is 5.61. The summed E-state index contributed by atoms with van der Waals surface area (Å²) in [5.41, 5.74) is 4.33. The molecule has 1 nitrogen and oxygen atoms in total. The molecule has 0 radical (unpaired) electrons. The average Bonchev–Trinajstić information content (AvgIpc) is 2.96. The van der Waals surface area contributed by atoms with Crippen LogP contribution in [0.5, 0.6) is 0 Å². The minimum Gasteiger partial charge on any atom is -0.307 e. The van der Waals surface area contributed by atoms with Gasteiger partial charge in [-0.25, -0.2) is 4.39 Å². The summed E-state index contributed by atoms with van der Waals surface area (Å²) < 4.78 is 15.6. The molecule has 1 aromatic heterocycles. The summed E-state index contributed by atoms with van der Waals surface area (Å²) in [6.45, 7) is 0. The Kier molecular flexibility index (Phi) is 3.02. The summed E-state index contributed by atoms with van der Waals surface area (Å²) in [5, 5.41) is 1.83. The lowest BCUT2D eigenvalue weighted by Crippen LogP contribution is -2.03. The van der Waals surface area contributed by atoms with Crippen molar-refractivity contribution in [2.75, 3.05) is 0 Å². The van der Waals surface area contributed by atoms with Crippen LogP contribution in [0, 0.1) is 5.82 Å². The van der Waals surface area contributed by atoms with Gasteiger partial charge in [-0.2, -0.15) is 0 Å². The maximum atomic E-state index is 13.3. The van der Waals surface area contributed by atoms with Crippen LogP contribution in [0.25, 0.3) is 27.8 Å². The Bertz CT molecular complexity index is 1100. The molecule has 4 heteroatoms. The molecule has 0 N–H and O–H groups in total. The minimum absolute atomic E-state index is 0.229. The third kappa shape index (κ3) is 2.02. The van der Waals surface area contributed by atoms with E-state index in [1.54, 1.807) is 11.8 Å². The molecule has 4 aromatic rings. The number of nitrogens with zero attached hydrogens (tertiary/aromatic N) is 1. The van der Waals surface area contributed by atoms with E-state index in [1.165, 1.54) is 17.0 Å². The number of aromatic nitrogens is 1. The fourth-order valence-corrected chi connectivity index (χ4v) is 4.71. The smallest absolute Gasteiger partial charge is 0.123 e. The van der Waals surface area contributed by atoms with E-state index in [0.29, 0.717) is 0 Å². The first-order chi connectivity index (χ1) is 11.7. The highest BCUT2D eigenvalue weighted by molar-refractivity contribution is 7.99. The van der Waals surface area contributed by atoms with Gasteiger partial charge in [0.25, 0.3) is 0 Å². The van der Waals surface area contributed by atoms with Crippen molar-refractivity contribution >= 4 is 34.3 Å². The fourth-order valence-electron chi connectivity index (χ4n) is 3.28. The highest BCUT2D eigenvalue weighted by Gasteiger charge is 2.23. The second kappa shape index (κ2) is 5.13. The number of fused-ring (bicyclic) bond motifs is 2. The van der Waals surface area contributed by atoms with Crippen molar-refractivity contribution < 1.29 is 4.39 Å². The first kappa shape index (κ1) is 14.1. The molecule has 24 heavy (non-hydrogen) atoms. The van der Waals surface area contributed by atoms with Crippen molar-refractivity contribution in [3.63, 3.8) is 0 Å². The van der Waals surface area contributed by atoms with Crippen LogP contribution in [0.15, 0.2) is 76.5 Å². The van der Waals surface area contributed by atoms with Crippen molar-refractivity contribution in [2.24, 2.45) is 0 Å². The lowest BCUT2D eigenvalue weighted by atomic mass is 10.1. The maximum Gasteiger partial charge on any atom is 0.123 e. The van der Waals surface area contributed by atoms with Crippen LogP contribution in [-0.4, -0.2) is 4.57 Å². The van der Waals surface area contributed by atoms with Crippen LogP contribution in [0.4, 0.5) is 4.39 Å². The first-order valence-corrected chi connectivity index (χ1v) is 8.78. The predicted molar refractivity (Wildman–Crippen MR) is 97.8 cm³/mol. The quantitative estimate of drug-likeness (QED) is 0.331. The highest BCUT2D eigenvalue weighted by Crippen LogP contribution is 2.47. The molecule has 0 fully saturated rings. The van der Waals surface area contributed by atoms with E-state index in [-0.39, 0.29) is 5.82 Å². The number of rotatable bonds is 1. The molecule has 3 aromatic carbocycles. The van der Waals surface area contributed by atoms with E-state index in [4.69, 9.17) is 11.6 Å². The molecule has 0 aliphatic carbocycles. The van der Waals surface area contributed by atoms with Gasteiger partial charge in [0, 0.05) is 20.2 Å². The predicted octanol–water partition coefficient (Wildman–Crippen LogP) is 6.55. The van der Waals surface area contributed by atoms with Gasteiger partial charge in [0.15, 0.2) is 0 Å². The molecule has 1 aliphatic heterocycles. The molecule has 0 saturated heterocycles. The van der Waals surface area contributed by atoms with E-state index >= 15 is 0 Å². The summed E-state index contributed by atoms with van der Waals surface area (Å²) in [5.74, 6) is -0.229. The summed E-state index contributed by atoms with van der Waals surface area (Å²) in [6.07, 6.45) is 0. The van der Waals surface area contributed by atoms with Gasteiger partial charge in [-0.1, -0.05) is 35.5 Å². The molecular weight excluding hydrogens is 341 g/mol. The van der Waals surface area contributed by atoms with Crippen LogP contribution < -0.4 is 0 Å². The first-order valence-electron chi connectivity index (χ1n) is 7.59. The van der Waals surface area contributed by atoms with Gasteiger partial charge in [0.2, 0.25) is 0 Å². The Balaban J connectivity index is 1.91. The van der Waals surface area contributed by atoms with Crippen molar-refractivity contribution in [1.29, 1.82) is 0 Å². The summed E-state index contributed by atoms with van der Waals surface area (Å²) >= 11 is 8.04. The zero-order valence-corrected chi connectivity index (χ0v) is 14.0. The number of benzene rings is 3. The zero-order valence-electron chi connectivity index (χ0n) is 12.5. The maximum absolute atomic E-state index is 13.3. The fraction of sp³-hybridized carbons (Fsp3) is 0. The Labute approximate surface area is 147 Å². The van der Waals surface area contributed by atoms with Crippen molar-refractivity contribution in [1.82, 2.24) is 4.57 Å². The molecule has 1 aliphatic rings. The van der Waals surface area contributed by atoms with Gasteiger partial charge in [0.05, 0.1) is 16.9 Å². The molecule has 0 amide bonds. The third-order valence-electron chi connectivity index (χ3n) is 4.29. The Hall–Kier alpha value is -2.23. The zero-order chi connectivity index (χ0) is 16.3. The Morgan fingerprint density at radius 3 is 2.50 bits per heavy atom. The Morgan fingerprint density at radius 2 is 1.67 bits per heavy atom. The lowest BCUT2D eigenvalue weighted by molar-refractivity contribution is 0.628. The van der Waals surface area contributed by atoms with E-state index in [9.17, 15) is 4.39 Å². The van der Waals surface area contributed by atoms with E-state index in [0.717, 1.165) is 37.8 Å². The lowest BCUT2D eigenvalue weighted by Gasteiger charge is -2.21. The van der Waals surface area contributed by atoms with Gasteiger partial charge < -0.3 is 4.57 Å². The van der Waals surface area contributed by atoms with E-state index < -0.39 is 0 Å². The van der Waals surface area contributed by atoms with Crippen molar-refractivity contribution in [3.05, 3.63) is 77.6 Å². The van der Waals surface area contributed by atoms with Crippen LogP contribution in [-0.2, 0) is 0 Å². The summed E-state index contributed by atoms with van der Waals surface area (Å²) in [4.78, 5) is 2.33. The molecule has 0 spiro atoms. The number of halogens is 2. The Morgan fingerprint density at radius 1 is 0.875 bits per heavy atom. The second-order valence-electron chi connectivity index (χ2n) is 5.78. The molecular formula is C20H11ClFNS. The van der Waals surface area contributed by atoms with Crippen molar-refractivity contribution in [3.8, 4) is 16.9 Å². The van der Waals surface area contributed by atoms with Crippen molar-refractivity contribution in [2.45, 2.75) is 9.79 Å². The SMILES string of the molecule is Fc1ccc(-c2cc3cc(Cl)cc4c3n2-c2ccccc2S4)cc1. The van der Waals surface area contributed by atoms with Gasteiger partial charge in [-0.15, -0.1) is 0 Å². The summed E-state index contributed by atoms with van der Waals surface area (Å²) in [7, 11) is 0. The normalized spacial score (nSPS) is 12.4. The highest BCUT2D eigenvalue weighted by atomic mass is 35.5. The topological polar surface area (TPSA) is 4.93 Å². The molecule has 0 bridgehead atoms. The van der Waals surface area contributed by atoms with Gasteiger partial charge in [-0.05, 0) is 60.2 Å². The van der Waals surface area contributed by atoms with Crippen LogP contribution in [0.1, 0.15) is 0 Å². The molecule has 116 valence electrons. The van der Waals surface area contributed by atoms with Gasteiger partial charge >= 0.3 is 0 Å². The standard InChI is InChI=1S/C20H11ClFNS/c21-14-9-13-10-17(12-5-7-15(22)8-6-12)23-16-3-1-2-4-18(16)24-19(11-14)20(13)23/h1-11H.